The largest absolute Gasteiger partial charge is 0.467 e. The molecular weight excluding hydrogens is 408 g/mol. The Labute approximate surface area is 191 Å². The fourth-order valence-corrected chi connectivity index (χ4v) is 5.22. The van der Waals surface area contributed by atoms with Crippen LogP contribution in [0.5, 0.6) is 0 Å². The van der Waals surface area contributed by atoms with Crippen LogP contribution in [0.1, 0.15) is 60.8 Å². The van der Waals surface area contributed by atoms with Crippen LogP contribution in [-0.2, 0) is 30.4 Å². The van der Waals surface area contributed by atoms with Crippen molar-refractivity contribution in [3.05, 3.63) is 34.4 Å². The van der Waals surface area contributed by atoms with Gasteiger partial charge in [0.15, 0.2) is 5.54 Å². The highest BCUT2D eigenvalue weighted by Gasteiger charge is 2.51. The van der Waals surface area contributed by atoms with Gasteiger partial charge in [-0.2, -0.15) is 5.06 Å². The van der Waals surface area contributed by atoms with E-state index in [-0.39, 0.29) is 12.3 Å². The molecule has 0 spiro atoms. The van der Waals surface area contributed by atoms with Crippen molar-refractivity contribution in [2.24, 2.45) is 5.92 Å². The van der Waals surface area contributed by atoms with E-state index in [1.165, 1.54) is 30.6 Å². The molecule has 1 heterocycles. The summed E-state index contributed by atoms with van der Waals surface area (Å²) in [5.41, 5.74) is 3.17. The third kappa shape index (κ3) is 5.33. The topological polar surface area (TPSA) is 68.3 Å². The van der Waals surface area contributed by atoms with Gasteiger partial charge >= 0.3 is 5.97 Å². The summed E-state index contributed by atoms with van der Waals surface area (Å²) in [6.45, 7) is 7.59. The second-order valence-electron chi connectivity index (χ2n) is 9.32. The van der Waals surface area contributed by atoms with Crippen molar-refractivity contribution < 1.29 is 24.0 Å². The number of hydrogen-bond acceptors (Lipinski definition) is 6. The smallest absolute Gasteiger partial charge is 0.334 e. The minimum atomic E-state index is -1.15. The summed E-state index contributed by atoms with van der Waals surface area (Å²) < 4.78 is 5.21. The molecule has 1 aromatic carbocycles. The Morgan fingerprint density at radius 1 is 1.06 bits per heavy atom. The third-order valence-electron chi connectivity index (χ3n) is 7.07. The van der Waals surface area contributed by atoms with Crippen molar-refractivity contribution >= 4 is 11.9 Å². The summed E-state index contributed by atoms with van der Waals surface area (Å²) in [5, 5.41) is 3.18. The normalized spacial score (nSPS) is 19.2. The molecule has 2 aliphatic rings. The molecule has 7 nitrogen and oxygen atoms in total. The number of carbonyl (C=O) groups excluding carboxylic acids is 2. The molecule has 0 unspecified atom stereocenters. The number of ether oxygens (including phenoxy) is 1. The molecule has 1 saturated carbocycles. The maximum Gasteiger partial charge on any atom is 0.334 e. The molecule has 7 heteroatoms. The van der Waals surface area contributed by atoms with E-state index >= 15 is 0 Å². The van der Waals surface area contributed by atoms with E-state index in [0.29, 0.717) is 38.5 Å². The lowest BCUT2D eigenvalue weighted by Crippen LogP contribution is -2.62. The van der Waals surface area contributed by atoms with Gasteiger partial charge in [-0.3, -0.25) is 9.63 Å². The highest BCUT2D eigenvalue weighted by Crippen LogP contribution is 2.34. The molecular formula is C25H38N2O5. The van der Waals surface area contributed by atoms with E-state index < -0.39 is 11.5 Å². The Kier molecular flexibility index (Phi) is 8.31. The van der Waals surface area contributed by atoms with Crippen molar-refractivity contribution in [2.45, 2.75) is 71.3 Å². The standard InChI is InChI=1S/C25H38N2O5/c1-18-14-19(2)22(20(3)15-18)16-23(28)27(32-17-21-8-6-7-9-21)25(24(29)30-4)10-12-26(31-5)13-11-25/h14-15,21H,6-13,16-17H2,1-5H3. The maximum atomic E-state index is 13.7. The van der Waals surface area contributed by atoms with Gasteiger partial charge in [0, 0.05) is 13.1 Å². The molecule has 1 amide bonds. The molecule has 1 saturated heterocycles. The van der Waals surface area contributed by atoms with Gasteiger partial charge in [-0.05, 0) is 69.1 Å². The zero-order valence-electron chi connectivity index (χ0n) is 20.2. The van der Waals surface area contributed by atoms with Gasteiger partial charge in [0.2, 0.25) is 0 Å². The molecule has 32 heavy (non-hydrogen) atoms. The SMILES string of the molecule is COC(=O)C1(N(OCC2CCCC2)C(=O)Cc2c(C)cc(C)cc2C)CCN(OC)CC1. The predicted octanol–water partition coefficient (Wildman–Crippen LogP) is 3.67. The molecule has 178 valence electrons. The predicted molar refractivity (Wildman–Crippen MR) is 122 cm³/mol. The summed E-state index contributed by atoms with van der Waals surface area (Å²) in [6.07, 6.45) is 5.56. The highest BCUT2D eigenvalue weighted by atomic mass is 16.7. The maximum absolute atomic E-state index is 13.7. The Hall–Kier alpha value is -1.96. The molecule has 0 atom stereocenters. The van der Waals surface area contributed by atoms with Crippen LogP contribution in [0.4, 0.5) is 0 Å². The molecule has 3 rings (SSSR count). The van der Waals surface area contributed by atoms with E-state index in [4.69, 9.17) is 14.4 Å². The van der Waals surface area contributed by atoms with Crippen LogP contribution < -0.4 is 0 Å². The molecule has 1 aromatic rings. The number of carbonyl (C=O) groups is 2. The van der Waals surface area contributed by atoms with Crippen LogP contribution in [0, 0.1) is 26.7 Å². The summed E-state index contributed by atoms with van der Waals surface area (Å²) >= 11 is 0. The lowest BCUT2D eigenvalue weighted by Gasteiger charge is -2.45. The fourth-order valence-electron chi connectivity index (χ4n) is 5.22. The van der Waals surface area contributed by atoms with E-state index in [9.17, 15) is 9.59 Å². The second-order valence-corrected chi connectivity index (χ2v) is 9.32. The molecule has 1 aliphatic heterocycles. The lowest BCUT2D eigenvalue weighted by atomic mass is 9.86. The number of esters is 1. The number of nitrogens with zero attached hydrogens (tertiary/aromatic N) is 2. The van der Waals surface area contributed by atoms with Crippen molar-refractivity contribution in [3.8, 4) is 0 Å². The van der Waals surface area contributed by atoms with Gasteiger partial charge in [-0.25, -0.2) is 9.86 Å². The van der Waals surface area contributed by atoms with Crippen LogP contribution in [0.25, 0.3) is 0 Å². The average molecular weight is 447 g/mol. The summed E-state index contributed by atoms with van der Waals surface area (Å²) in [4.78, 5) is 38.4. The van der Waals surface area contributed by atoms with Gasteiger partial charge in [-0.15, -0.1) is 0 Å². The van der Waals surface area contributed by atoms with Crippen molar-refractivity contribution in [3.63, 3.8) is 0 Å². The molecule has 0 N–H and O–H groups in total. The van der Waals surface area contributed by atoms with Crippen molar-refractivity contribution in [1.29, 1.82) is 0 Å². The van der Waals surface area contributed by atoms with Crippen molar-refractivity contribution in [1.82, 2.24) is 10.1 Å². The Bertz CT molecular complexity index is 788. The van der Waals surface area contributed by atoms with Crippen LogP contribution in [0.15, 0.2) is 12.1 Å². The molecule has 0 aromatic heterocycles. The number of amides is 1. The first-order valence-corrected chi connectivity index (χ1v) is 11.7. The lowest BCUT2D eigenvalue weighted by molar-refractivity contribution is -0.251. The van der Waals surface area contributed by atoms with Crippen LogP contribution >= 0.6 is 0 Å². The number of aryl methyl sites for hydroxylation is 3. The Morgan fingerprint density at radius 2 is 1.66 bits per heavy atom. The molecule has 2 fully saturated rings. The molecule has 0 radical (unpaired) electrons. The number of hydrogen-bond donors (Lipinski definition) is 0. The Morgan fingerprint density at radius 3 is 2.19 bits per heavy atom. The molecule has 0 bridgehead atoms. The van der Waals surface area contributed by atoms with Crippen LogP contribution in [0.3, 0.4) is 0 Å². The number of methoxy groups -OCH3 is 1. The van der Waals surface area contributed by atoms with E-state index in [1.807, 2.05) is 13.8 Å². The fraction of sp³-hybridized carbons (Fsp3) is 0.680. The van der Waals surface area contributed by atoms with Gasteiger partial charge in [0.05, 0.1) is 27.2 Å². The first kappa shape index (κ1) is 24.7. The second kappa shape index (κ2) is 10.8. The minimum Gasteiger partial charge on any atom is -0.467 e. The van der Waals surface area contributed by atoms with E-state index in [1.54, 1.807) is 12.2 Å². The zero-order valence-corrected chi connectivity index (χ0v) is 20.2. The average Bonchev–Trinajstić information content (AvgIpc) is 3.29. The monoisotopic (exact) mass is 446 g/mol. The number of hydroxylamine groups is 4. The van der Waals surface area contributed by atoms with Gasteiger partial charge in [0.25, 0.3) is 5.91 Å². The van der Waals surface area contributed by atoms with Gasteiger partial charge in [-0.1, -0.05) is 30.5 Å². The first-order valence-electron chi connectivity index (χ1n) is 11.7. The summed E-state index contributed by atoms with van der Waals surface area (Å²) in [7, 11) is 2.99. The minimum absolute atomic E-state index is 0.190. The van der Waals surface area contributed by atoms with Crippen LogP contribution in [-0.4, -0.2) is 61.5 Å². The Balaban J connectivity index is 1.90. The first-order chi connectivity index (χ1) is 15.3. The quantitative estimate of drug-likeness (QED) is 0.448. The highest BCUT2D eigenvalue weighted by molar-refractivity contribution is 5.88. The van der Waals surface area contributed by atoms with E-state index in [2.05, 4.69) is 19.1 Å². The summed E-state index contributed by atoms with van der Waals surface area (Å²) in [5.74, 6) is -0.207. The zero-order chi connectivity index (χ0) is 23.3. The van der Waals surface area contributed by atoms with Crippen LogP contribution in [0.2, 0.25) is 0 Å². The van der Waals surface area contributed by atoms with Gasteiger partial charge in [0.1, 0.15) is 0 Å². The number of rotatable bonds is 8. The number of piperidine rings is 1. The van der Waals surface area contributed by atoms with E-state index in [0.717, 1.165) is 29.5 Å². The summed E-state index contributed by atoms with van der Waals surface area (Å²) in [6, 6.07) is 4.18. The van der Waals surface area contributed by atoms with Crippen molar-refractivity contribution in [2.75, 3.05) is 33.9 Å². The van der Waals surface area contributed by atoms with Gasteiger partial charge < -0.3 is 9.57 Å². The third-order valence-corrected chi connectivity index (χ3v) is 7.07. The molecule has 1 aliphatic carbocycles. The number of benzene rings is 1.